The molecular formula is C27H30FN3O4. The minimum Gasteiger partial charge on any atom is -0.378 e. The van der Waals surface area contributed by atoms with Gasteiger partial charge in [0.1, 0.15) is 11.5 Å². The molecule has 184 valence electrons. The molecule has 0 aliphatic carbocycles. The third-order valence-corrected chi connectivity index (χ3v) is 6.53. The van der Waals surface area contributed by atoms with Crippen molar-refractivity contribution in [2.24, 2.45) is 0 Å². The number of anilines is 1. The first kappa shape index (κ1) is 23.5. The maximum atomic E-state index is 13.6. The molecule has 1 aromatic heterocycles. The fourth-order valence-electron chi connectivity index (χ4n) is 4.70. The number of ether oxygens (including phenoxy) is 2. The van der Waals surface area contributed by atoms with Gasteiger partial charge < -0.3 is 23.8 Å². The molecule has 0 spiro atoms. The first-order valence-electron chi connectivity index (χ1n) is 12.1. The Kier molecular flexibility index (Phi) is 7.11. The molecule has 3 aromatic rings. The lowest BCUT2D eigenvalue weighted by Crippen LogP contribution is -2.39. The summed E-state index contributed by atoms with van der Waals surface area (Å²) in [6, 6.07) is 13.8. The highest BCUT2D eigenvalue weighted by Gasteiger charge is 2.30. The van der Waals surface area contributed by atoms with E-state index in [9.17, 15) is 9.18 Å². The number of hydrogen-bond acceptors (Lipinski definition) is 6. The quantitative estimate of drug-likeness (QED) is 0.499. The molecule has 2 aliphatic rings. The SMILES string of the molecule is Cc1cccc(-c2noc(N3CCOCC3)c2CN(C[C@@H]2CCCO2)C(=O)c2ccc(F)cc2)c1. The molecule has 2 fully saturated rings. The van der Waals surface area contributed by atoms with Crippen LogP contribution in [-0.4, -0.2) is 61.5 Å². The Morgan fingerprint density at radius 3 is 2.66 bits per heavy atom. The molecule has 3 heterocycles. The first-order chi connectivity index (χ1) is 17.1. The van der Waals surface area contributed by atoms with Gasteiger partial charge in [-0.3, -0.25) is 4.79 Å². The summed E-state index contributed by atoms with van der Waals surface area (Å²) in [6.07, 6.45) is 1.84. The van der Waals surface area contributed by atoms with Crippen LogP contribution in [0.15, 0.2) is 53.1 Å². The van der Waals surface area contributed by atoms with Crippen LogP contribution in [0.25, 0.3) is 11.3 Å². The van der Waals surface area contributed by atoms with Crippen molar-refractivity contribution in [2.45, 2.75) is 32.4 Å². The molecule has 0 bridgehead atoms. The van der Waals surface area contributed by atoms with Crippen LogP contribution in [0.3, 0.4) is 0 Å². The maximum Gasteiger partial charge on any atom is 0.254 e. The maximum absolute atomic E-state index is 13.6. The summed E-state index contributed by atoms with van der Waals surface area (Å²) in [5.41, 5.74) is 4.06. The molecule has 2 saturated heterocycles. The van der Waals surface area contributed by atoms with Gasteiger partial charge in [0.25, 0.3) is 5.91 Å². The largest absolute Gasteiger partial charge is 0.378 e. The molecular weight excluding hydrogens is 449 g/mol. The highest BCUT2D eigenvalue weighted by Crippen LogP contribution is 2.34. The molecule has 1 atom stereocenters. The van der Waals surface area contributed by atoms with E-state index in [1.54, 1.807) is 4.90 Å². The lowest BCUT2D eigenvalue weighted by Gasteiger charge is -2.29. The van der Waals surface area contributed by atoms with Gasteiger partial charge >= 0.3 is 0 Å². The van der Waals surface area contributed by atoms with Crippen LogP contribution in [0.2, 0.25) is 0 Å². The molecule has 1 amide bonds. The standard InChI is InChI=1S/C27H30FN3O4/c1-19-4-2-5-21(16-19)25-24(27(35-29-25)30-11-14-33-15-12-30)18-31(17-23-6-3-13-34-23)26(32)20-7-9-22(28)10-8-20/h2,4-5,7-10,16,23H,3,6,11-15,17-18H2,1H3/t23-/m0/s1. The average molecular weight is 480 g/mol. The van der Waals surface area contributed by atoms with E-state index >= 15 is 0 Å². The number of benzene rings is 2. The van der Waals surface area contributed by atoms with Gasteiger partial charge in [-0.2, -0.15) is 0 Å². The molecule has 35 heavy (non-hydrogen) atoms. The van der Waals surface area contributed by atoms with Gasteiger partial charge in [-0.05, 0) is 50.1 Å². The number of amides is 1. The lowest BCUT2D eigenvalue weighted by molar-refractivity contribution is 0.0507. The van der Waals surface area contributed by atoms with Crippen molar-refractivity contribution >= 4 is 11.8 Å². The number of nitrogens with zero attached hydrogens (tertiary/aromatic N) is 3. The number of hydrogen-bond donors (Lipinski definition) is 0. The summed E-state index contributed by atoms with van der Waals surface area (Å²) in [7, 11) is 0. The monoisotopic (exact) mass is 479 g/mol. The van der Waals surface area contributed by atoms with Crippen molar-refractivity contribution in [2.75, 3.05) is 44.4 Å². The summed E-state index contributed by atoms with van der Waals surface area (Å²) in [5.74, 6) is 0.112. The molecule has 8 heteroatoms. The van der Waals surface area contributed by atoms with E-state index in [-0.39, 0.29) is 17.8 Å². The number of morpholine rings is 1. The predicted molar refractivity (Wildman–Crippen MR) is 130 cm³/mol. The summed E-state index contributed by atoms with van der Waals surface area (Å²) < 4.78 is 30.8. The van der Waals surface area contributed by atoms with Gasteiger partial charge in [0.2, 0.25) is 5.88 Å². The van der Waals surface area contributed by atoms with Crippen LogP contribution < -0.4 is 4.90 Å². The normalized spacial score (nSPS) is 18.1. The van der Waals surface area contributed by atoms with E-state index in [1.807, 2.05) is 25.1 Å². The fourth-order valence-corrected chi connectivity index (χ4v) is 4.70. The molecule has 0 saturated carbocycles. The third-order valence-electron chi connectivity index (χ3n) is 6.53. The predicted octanol–water partition coefficient (Wildman–Crippen LogP) is 4.45. The van der Waals surface area contributed by atoms with Crippen molar-refractivity contribution in [3.63, 3.8) is 0 Å². The van der Waals surface area contributed by atoms with Crippen LogP contribution in [0, 0.1) is 12.7 Å². The molecule has 2 aliphatic heterocycles. The van der Waals surface area contributed by atoms with E-state index in [0.29, 0.717) is 57.4 Å². The Morgan fingerprint density at radius 1 is 1.14 bits per heavy atom. The number of aromatic nitrogens is 1. The van der Waals surface area contributed by atoms with E-state index in [1.165, 1.54) is 24.3 Å². The molecule has 0 radical (unpaired) electrons. The summed E-state index contributed by atoms with van der Waals surface area (Å²) in [4.78, 5) is 17.5. The molecule has 0 N–H and O–H groups in total. The Morgan fingerprint density at radius 2 is 1.94 bits per heavy atom. The Bertz CT molecular complexity index is 1150. The Hall–Kier alpha value is -3.23. The fraction of sp³-hybridized carbons (Fsp3) is 0.407. The minimum atomic E-state index is -0.373. The van der Waals surface area contributed by atoms with Crippen LogP contribution in [-0.2, 0) is 16.0 Å². The second-order valence-corrected chi connectivity index (χ2v) is 9.11. The van der Waals surface area contributed by atoms with E-state index in [2.05, 4.69) is 16.1 Å². The number of carbonyl (C=O) groups is 1. The number of aryl methyl sites for hydroxylation is 1. The lowest BCUT2D eigenvalue weighted by atomic mass is 10.0. The zero-order valence-corrected chi connectivity index (χ0v) is 19.9. The van der Waals surface area contributed by atoms with Crippen LogP contribution in [0.4, 0.5) is 10.3 Å². The minimum absolute atomic E-state index is 0.0338. The summed E-state index contributed by atoms with van der Waals surface area (Å²) in [6.45, 7) is 6.06. The van der Waals surface area contributed by atoms with Crippen LogP contribution in [0.5, 0.6) is 0 Å². The number of carbonyl (C=O) groups excluding carboxylic acids is 1. The number of rotatable bonds is 7. The summed E-state index contributed by atoms with van der Waals surface area (Å²) >= 11 is 0. The Labute approximate surface area is 204 Å². The van der Waals surface area contributed by atoms with E-state index in [0.717, 1.165) is 35.2 Å². The van der Waals surface area contributed by atoms with Crippen LogP contribution >= 0.6 is 0 Å². The summed E-state index contributed by atoms with van der Waals surface area (Å²) in [5, 5.41) is 4.45. The van der Waals surface area contributed by atoms with Crippen molar-refractivity contribution in [3.05, 3.63) is 71.0 Å². The topological polar surface area (TPSA) is 68.0 Å². The van der Waals surface area contributed by atoms with Gasteiger partial charge in [0.05, 0.1) is 31.4 Å². The van der Waals surface area contributed by atoms with E-state index in [4.69, 9.17) is 14.0 Å². The third kappa shape index (κ3) is 5.39. The van der Waals surface area contributed by atoms with Gasteiger partial charge in [-0.25, -0.2) is 4.39 Å². The van der Waals surface area contributed by atoms with Crippen molar-refractivity contribution in [1.82, 2.24) is 10.1 Å². The van der Waals surface area contributed by atoms with Gasteiger partial charge in [-0.15, -0.1) is 0 Å². The Balaban J connectivity index is 1.52. The second-order valence-electron chi connectivity index (χ2n) is 9.11. The van der Waals surface area contributed by atoms with Crippen molar-refractivity contribution < 1.29 is 23.2 Å². The molecule has 0 unspecified atom stereocenters. The van der Waals surface area contributed by atoms with Gasteiger partial charge in [0, 0.05) is 37.4 Å². The van der Waals surface area contributed by atoms with Gasteiger partial charge in [0.15, 0.2) is 0 Å². The highest BCUT2D eigenvalue weighted by molar-refractivity contribution is 5.94. The van der Waals surface area contributed by atoms with Gasteiger partial charge in [-0.1, -0.05) is 28.9 Å². The van der Waals surface area contributed by atoms with Crippen molar-refractivity contribution in [1.29, 1.82) is 0 Å². The highest BCUT2D eigenvalue weighted by atomic mass is 19.1. The molecule has 7 nitrogen and oxygen atoms in total. The van der Waals surface area contributed by atoms with Crippen LogP contribution in [0.1, 0.15) is 34.3 Å². The van der Waals surface area contributed by atoms with E-state index < -0.39 is 0 Å². The zero-order valence-electron chi connectivity index (χ0n) is 19.9. The zero-order chi connectivity index (χ0) is 24.2. The van der Waals surface area contributed by atoms with Crippen molar-refractivity contribution in [3.8, 4) is 11.3 Å². The second kappa shape index (κ2) is 10.6. The molecule has 2 aromatic carbocycles. The number of halogens is 1. The smallest absolute Gasteiger partial charge is 0.254 e. The molecule has 5 rings (SSSR count). The first-order valence-corrected chi connectivity index (χ1v) is 12.1. The average Bonchev–Trinajstić information content (AvgIpc) is 3.54.